The van der Waals surface area contributed by atoms with Gasteiger partial charge in [0.05, 0.1) is 23.7 Å². The van der Waals surface area contributed by atoms with Crippen LogP contribution in [0.2, 0.25) is 0 Å². The lowest BCUT2D eigenvalue weighted by atomic mass is 9.89. The molecular formula is C28H32N4O3S. The molecule has 0 radical (unpaired) electrons. The number of amidine groups is 1. The number of pyridine rings is 1. The fraction of sp³-hybridized carbons (Fsp3) is 0.357. The number of aromatic nitrogens is 1. The number of carbonyl (C=O) groups is 2. The number of allylic oxidation sites excluding steroid dienone is 1. The Morgan fingerprint density at radius 3 is 2.64 bits per heavy atom. The number of rotatable bonds is 6. The predicted molar refractivity (Wildman–Crippen MR) is 143 cm³/mol. The summed E-state index contributed by atoms with van der Waals surface area (Å²) in [7, 11) is 0. The summed E-state index contributed by atoms with van der Waals surface area (Å²) in [5.41, 5.74) is 5.33. The molecule has 1 unspecified atom stereocenters. The second-order valence-corrected chi connectivity index (χ2v) is 10.9. The maximum Gasteiger partial charge on any atom is 0.338 e. The maximum atomic E-state index is 13.5. The third-order valence-electron chi connectivity index (χ3n) is 5.90. The van der Waals surface area contributed by atoms with Crippen LogP contribution in [-0.2, 0) is 20.9 Å². The normalized spacial score (nSPS) is 17.4. The molecule has 1 amide bonds. The van der Waals surface area contributed by atoms with Crippen molar-refractivity contribution in [3.05, 3.63) is 87.4 Å². The molecule has 0 bridgehead atoms. The third-order valence-corrected chi connectivity index (χ3v) is 6.79. The Balaban J connectivity index is 1.67. The van der Waals surface area contributed by atoms with Crippen molar-refractivity contribution < 1.29 is 14.3 Å². The van der Waals surface area contributed by atoms with E-state index in [-0.39, 0.29) is 12.3 Å². The number of carbonyl (C=O) groups excluding carboxylic acids is 2. The highest BCUT2D eigenvalue weighted by molar-refractivity contribution is 8.16. The summed E-state index contributed by atoms with van der Waals surface area (Å²) in [6, 6.07) is 9.54. The van der Waals surface area contributed by atoms with E-state index in [2.05, 4.69) is 28.5 Å². The molecule has 8 heteroatoms. The summed E-state index contributed by atoms with van der Waals surface area (Å²) < 4.78 is 5.82. The van der Waals surface area contributed by atoms with Crippen LogP contribution in [0.1, 0.15) is 62.4 Å². The average Bonchev–Trinajstić information content (AvgIpc) is 3.19. The molecule has 1 N–H and O–H groups in total. The monoisotopic (exact) mass is 504 g/mol. The first kappa shape index (κ1) is 25.7. The van der Waals surface area contributed by atoms with Gasteiger partial charge in [-0.15, -0.1) is 0 Å². The lowest BCUT2D eigenvalue weighted by Gasteiger charge is -2.37. The first-order valence-electron chi connectivity index (χ1n) is 11.9. The van der Waals surface area contributed by atoms with Gasteiger partial charge < -0.3 is 15.0 Å². The standard InChI is InChI=1S/C28H32N4O3S/c1-17-9-10-18(2)22(12-17)25-24(26(34)35-28(4,5)6)19(3)31-27-32(25)21(16-36-27)13-23(33)30-15-20-8-7-11-29-14-20/h7-12,14,16,25H,13,15H2,1-6H3,(H,30,33). The lowest BCUT2D eigenvalue weighted by molar-refractivity contribution is -0.150. The number of esters is 1. The van der Waals surface area contributed by atoms with Crippen molar-refractivity contribution in [1.29, 1.82) is 0 Å². The van der Waals surface area contributed by atoms with Crippen molar-refractivity contribution in [3.63, 3.8) is 0 Å². The van der Waals surface area contributed by atoms with Gasteiger partial charge in [-0.1, -0.05) is 41.6 Å². The van der Waals surface area contributed by atoms with Crippen LogP contribution in [0.4, 0.5) is 0 Å². The number of nitrogens with one attached hydrogen (secondary N) is 1. The van der Waals surface area contributed by atoms with Crippen LogP contribution in [0.3, 0.4) is 0 Å². The lowest BCUT2D eigenvalue weighted by Crippen LogP contribution is -2.39. The zero-order valence-electron chi connectivity index (χ0n) is 21.6. The van der Waals surface area contributed by atoms with Crippen molar-refractivity contribution >= 4 is 28.8 Å². The smallest absolute Gasteiger partial charge is 0.338 e. The Labute approximate surface area is 216 Å². The SMILES string of the molecule is CC1=C(C(=O)OC(C)(C)C)C(c2cc(C)ccc2C)N2C(CC(=O)NCc3cccnc3)=CSC2=N1. The fourth-order valence-corrected chi connectivity index (χ4v) is 5.21. The van der Waals surface area contributed by atoms with E-state index in [1.54, 1.807) is 12.4 Å². The fourth-order valence-electron chi connectivity index (χ4n) is 4.24. The van der Waals surface area contributed by atoms with Gasteiger partial charge in [0.1, 0.15) is 5.60 Å². The molecule has 2 aliphatic heterocycles. The molecule has 4 rings (SSSR count). The zero-order valence-corrected chi connectivity index (χ0v) is 22.4. The molecule has 2 aliphatic rings. The summed E-state index contributed by atoms with van der Waals surface area (Å²) in [5, 5.41) is 5.67. The quantitative estimate of drug-likeness (QED) is 0.536. The molecule has 188 valence electrons. The summed E-state index contributed by atoms with van der Waals surface area (Å²) in [6.45, 7) is 11.9. The average molecular weight is 505 g/mol. The van der Waals surface area contributed by atoms with E-state index in [0.717, 1.165) is 33.1 Å². The van der Waals surface area contributed by atoms with E-state index in [1.165, 1.54) is 11.8 Å². The first-order valence-corrected chi connectivity index (χ1v) is 12.8. The summed E-state index contributed by atoms with van der Waals surface area (Å²) in [6.07, 6.45) is 3.60. The minimum atomic E-state index is -0.648. The van der Waals surface area contributed by atoms with Gasteiger partial charge in [-0.25, -0.2) is 9.79 Å². The second kappa shape index (κ2) is 10.3. The highest BCUT2D eigenvalue weighted by atomic mass is 32.2. The molecule has 0 saturated carbocycles. The van der Waals surface area contributed by atoms with Gasteiger partial charge in [0.25, 0.3) is 0 Å². The van der Waals surface area contributed by atoms with Gasteiger partial charge in [-0.2, -0.15) is 0 Å². The Morgan fingerprint density at radius 2 is 1.94 bits per heavy atom. The van der Waals surface area contributed by atoms with Crippen LogP contribution in [0.5, 0.6) is 0 Å². The van der Waals surface area contributed by atoms with Gasteiger partial charge in [-0.05, 0) is 69.7 Å². The van der Waals surface area contributed by atoms with Crippen LogP contribution < -0.4 is 5.32 Å². The van der Waals surface area contributed by atoms with Gasteiger partial charge >= 0.3 is 5.97 Å². The summed E-state index contributed by atoms with van der Waals surface area (Å²) in [4.78, 5) is 37.3. The van der Waals surface area contributed by atoms with Crippen LogP contribution in [0.15, 0.2) is 70.1 Å². The number of hydrogen-bond acceptors (Lipinski definition) is 7. The number of nitrogens with zero attached hydrogens (tertiary/aromatic N) is 3. The van der Waals surface area contributed by atoms with Gasteiger partial charge in [0.15, 0.2) is 5.17 Å². The number of fused-ring (bicyclic) bond motifs is 1. The predicted octanol–water partition coefficient (Wildman–Crippen LogP) is 5.32. The van der Waals surface area contributed by atoms with E-state index < -0.39 is 17.6 Å². The topological polar surface area (TPSA) is 83.9 Å². The van der Waals surface area contributed by atoms with Gasteiger partial charge in [0.2, 0.25) is 5.91 Å². The molecule has 2 aromatic rings. The van der Waals surface area contributed by atoms with E-state index in [4.69, 9.17) is 9.73 Å². The van der Waals surface area contributed by atoms with Crippen LogP contribution >= 0.6 is 11.8 Å². The number of ether oxygens (including phenoxy) is 1. The van der Waals surface area contributed by atoms with Crippen molar-refractivity contribution in [1.82, 2.24) is 15.2 Å². The molecule has 0 aliphatic carbocycles. The van der Waals surface area contributed by atoms with Crippen LogP contribution in [-0.4, -0.2) is 32.5 Å². The zero-order chi connectivity index (χ0) is 26.0. The van der Waals surface area contributed by atoms with Crippen molar-refractivity contribution in [2.24, 2.45) is 4.99 Å². The van der Waals surface area contributed by atoms with Crippen molar-refractivity contribution in [2.45, 2.75) is 66.2 Å². The molecule has 7 nitrogen and oxygen atoms in total. The molecule has 0 fully saturated rings. The van der Waals surface area contributed by atoms with E-state index in [9.17, 15) is 9.59 Å². The molecular weight excluding hydrogens is 472 g/mol. The highest BCUT2D eigenvalue weighted by Crippen LogP contribution is 2.46. The number of hydrogen-bond donors (Lipinski definition) is 1. The maximum absolute atomic E-state index is 13.5. The van der Waals surface area contributed by atoms with E-state index >= 15 is 0 Å². The molecule has 1 atom stereocenters. The van der Waals surface area contributed by atoms with E-state index in [0.29, 0.717) is 17.8 Å². The molecule has 3 heterocycles. The Hall–Kier alpha value is -3.39. The summed E-state index contributed by atoms with van der Waals surface area (Å²) in [5.74, 6) is -0.511. The van der Waals surface area contributed by atoms with E-state index in [1.807, 2.05) is 64.0 Å². The number of benzene rings is 1. The summed E-state index contributed by atoms with van der Waals surface area (Å²) >= 11 is 1.47. The van der Waals surface area contributed by atoms with Crippen molar-refractivity contribution in [3.8, 4) is 0 Å². The van der Waals surface area contributed by atoms with Gasteiger partial charge in [-0.3, -0.25) is 9.78 Å². The second-order valence-electron chi connectivity index (χ2n) is 10.1. The van der Waals surface area contributed by atoms with Crippen LogP contribution in [0.25, 0.3) is 0 Å². The van der Waals surface area contributed by atoms with Crippen molar-refractivity contribution in [2.75, 3.05) is 0 Å². The molecule has 0 saturated heterocycles. The highest BCUT2D eigenvalue weighted by Gasteiger charge is 2.42. The van der Waals surface area contributed by atoms with Gasteiger partial charge in [0, 0.05) is 24.6 Å². The Morgan fingerprint density at radius 1 is 1.17 bits per heavy atom. The molecule has 0 spiro atoms. The number of aryl methyl sites for hydroxylation is 2. The minimum Gasteiger partial charge on any atom is -0.456 e. The minimum absolute atomic E-state index is 0.114. The number of amides is 1. The molecule has 1 aromatic heterocycles. The number of thioether (sulfide) groups is 1. The molecule has 36 heavy (non-hydrogen) atoms. The largest absolute Gasteiger partial charge is 0.456 e. The Bertz CT molecular complexity index is 1280. The Kier molecular flexibility index (Phi) is 7.36. The van der Waals surface area contributed by atoms with Crippen LogP contribution in [0, 0.1) is 13.8 Å². The molecule has 1 aromatic carbocycles. The number of aliphatic imine (C=N–C) groups is 1. The first-order chi connectivity index (χ1) is 17.0. The third kappa shape index (κ3) is 5.70.